The van der Waals surface area contributed by atoms with E-state index in [1.54, 1.807) is 0 Å². The lowest BCUT2D eigenvalue weighted by Gasteiger charge is -2.39. The van der Waals surface area contributed by atoms with E-state index in [4.69, 9.17) is 5.11 Å². The summed E-state index contributed by atoms with van der Waals surface area (Å²) in [5, 5.41) is 8.84. The molecular formula is C15H26N2O3. The minimum atomic E-state index is -0.766. The van der Waals surface area contributed by atoms with Gasteiger partial charge in [0.25, 0.3) is 0 Å². The Morgan fingerprint density at radius 1 is 0.950 bits per heavy atom. The molecule has 2 fully saturated rings. The maximum Gasteiger partial charge on any atom is 0.320 e. The van der Waals surface area contributed by atoms with Crippen molar-refractivity contribution in [1.29, 1.82) is 0 Å². The maximum atomic E-state index is 12.7. The van der Waals surface area contributed by atoms with E-state index in [2.05, 4.69) is 0 Å². The zero-order valence-corrected chi connectivity index (χ0v) is 12.2. The Kier molecular flexibility index (Phi) is 5.68. The van der Waals surface area contributed by atoms with Crippen molar-refractivity contribution in [2.75, 3.05) is 19.6 Å². The third kappa shape index (κ3) is 4.12. The summed E-state index contributed by atoms with van der Waals surface area (Å²) in [6, 6.07) is 0.262. The second-order valence-corrected chi connectivity index (χ2v) is 5.96. The molecule has 1 atom stereocenters. The number of carboxylic acid groups (broad SMARTS) is 1. The molecule has 2 amide bonds. The Labute approximate surface area is 120 Å². The van der Waals surface area contributed by atoms with Gasteiger partial charge in [-0.3, -0.25) is 4.79 Å². The maximum absolute atomic E-state index is 12.7. The molecule has 2 rings (SSSR count). The standard InChI is InChI=1S/C15H26N2O3/c18-14(19)9-8-13-7-3-6-12-17(13)15(20)16-10-4-1-2-5-11-16/h13H,1-12H2,(H,18,19). The predicted octanol–water partition coefficient (Wildman–Crippen LogP) is 2.70. The van der Waals surface area contributed by atoms with Crippen molar-refractivity contribution in [2.24, 2.45) is 0 Å². The summed E-state index contributed by atoms with van der Waals surface area (Å²) < 4.78 is 0. The topological polar surface area (TPSA) is 60.9 Å². The van der Waals surface area contributed by atoms with Crippen molar-refractivity contribution in [3.8, 4) is 0 Å². The number of hydrogen-bond acceptors (Lipinski definition) is 2. The lowest BCUT2D eigenvalue weighted by molar-refractivity contribution is -0.137. The van der Waals surface area contributed by atoms with Crippen LogP contribution in [0.4, 0.5) is 4.79 Å². The lowest BCUT2D eigenvalue weighted by atomic mass is 9.98. The molecule has 20 heavy (non-hydrogen) atoms. The molecule has 0 aromatic heterocycles. The van der Waals surface area contributed by atoms with Crippen LogP contribution in [0.5, 0.6) is 0 Å². The third-order valence-corrected chi connectivity index (χ3v) is 4.44. The minimum absolute atomic E-state index is 0.121. The molecule has 0 aliphatic carbocycles. The molecule has 0 aromatic carbocycles. The van der Waals surface area contributed by atoms with E-state index in [9.17, 15) is 9.59 Å². The molecule has 0 saturated carbocycles. The Morgan fingerprint density at radius 3 is 2.25 bits per heavy atom. The quantitative estimate of drug-likeness (QED) is 0.865. The van der Waals surface area contributed by atoms with Gasteiger partial charge in [0.2, 0.25) is 0 Å². The zero-order valence-electron chi connectivity index (χ0n) is 12.2. The molecule has 2 aliphatic rings. The van der Waals surface area contributed by atoms with Gasteiger partial charge in [0.1, 0.15) is 0 Å². The van der Waals surface area contributed by atoms with Crippen LogP contribution in [0.25, 0.3) is 0 Å². The largest absolute Gasteiger partial charge is 0.481 e. The fourth-order valence-corrected chi connectivity index (χ4v) is 3.29. The number of amides is 2. The zero-order chi connectivity index (χ0) is 14.4. The Bertz CT molecular complexity index is 338. The molecule has 5 heteroatoms. The number of carbonyl (C=O) groups is 2. The molecule has 0 bridgehead atoms. The van der Waals surface area contributed by atoms with Crippen LogP contribution in [0, 0.1) is 0 Å². The van der Waals surface area contributed by atoms with Crippen LogP contribution in [-0.4, -0.2) is 52.6 Å². The molecule has 114 valence electrons. The van der Waals surface area contributed by atoms with Crippen molar-refractivity contribution in [1.82, 2.24) is 9.80 Å². The number of carboxylic acids is 1. The van der Waals surface area contributed by atoms with Crippen molar-refractivity contribution < 1.29 is 14.7 Å². The molecule has 1 N–H and O–H groups in total. The highest BCUT2D eigenvalue weighted by Gasteiger charge is 2.30. The Morgan fingerprint density at radius 2 is 1.60 bits per heavy atom. The summed E-state index contributed by atoms with van der Waals surface area (Å²) in [5.41, 5.74) is 0. The molecule has 0 spiro atoms. The summed E-state index contributed by atoms with van der Waals surface area (Å²) in [4.78, 5) is 27.3. The molecule has 2 saturated heterocycles. The van der Waals surface area contributed by atoms with E-state index in [0.29, 0.717) is 6.42 Å². The van der Waals surface area contributed by atoms with E-state index >= 15 is 0 Å². The number of aliphatic carboxylic acids is 1. The van der Waals surface area contributed by atoms with E-state index in [1.165, 1.54) is 12.8 Å². The van der Waals surface area contributed by atoms with Gasteiger partial charge in [-0.15, -0.1) is 0 Å². The molecular weight excluding hydrogens is 256 g/mol. The Hall–Kier alpha value is -1.26. The third-order valence-electron chi connectivity index (χ3n) is 4.44. The van der Waals surface area contributed by atoms with Crippen LogP contribution in [0.3, 0.4) is 0 Å². The van der Waals surface area contributed by atoms with Crippen LogP contribution < -0.4 is 0 Å². The first-order chi connectivity index (χ1) is 9.68. The highest BCUT2D eigenvalue weighted by atomic mass is 16.4. The highest BCUT2D eigenvalue weighted by Crippen LogP contribution is 2.23. The van der Waals surface area contributed by atoms with Gasteiger partial charge in [-0.2, -0.15) is 0 Å². The fraction of sp³-hybridized carbons (Fsp3) is 0.867. The van der Waals surface area contributed by atoms with Gasteiger partial charge < -0.3 is 14.9 Å². The van der Waals surface area contributed by atoms with Crippen molar-refractivity contribution in [3.63, 3.8) is 0 Å². The second kappa shape index (κ2) is 7.50. The first kappa shape index (κ1) is 15.1. The number of piperidine rings is 1. The lowest BCUT2D eigenvalue weighted by Crippen LogP contribution is -2.50. The van der Waals surface area contributed by atoms with E-state index in [-0.39, 0.29) is 18.5 Å². The highest BCUT2D eigenvalue weighted by molar-refractivity contribution is 5.75. The summed E-state index contributed by atoms with van der Waals surface area (Å²) >= 11 is 0. The van der Waals surface area contributed by atoms with Gasteiger partial charge in [-0.05, 0) is 38.5 Å². The van der Waals surface area contributed by atoms with Gasteiger partial charge in [-0.1, -0.05) is 12.8 Å². The number of carbonyl (C=O) groups excluding carboxylic acids is 1. The normalized spacial score (nSPS) is 24.3. The monoisotopic (exact) mass is 282 g/mol. The first-order valence-electron chi connectivity index (χ1n) is 7.96. The van der Waals surface area contributed by atoms with Crippen LogP contribution >= 0.6 is 0 Å². The fourth-order valence-electron chi connectivity index (χ4n) is 3.29. The summed E-state index contributed by atoms with van der Waals surface area (Å²) in [7, 11) is 0. The van der Waals surface area contributed by atoms with E-state index in [1.807, 2.05) is 9.80 Å². The van der Waals surface area contributed by atoms with Crippen LogP contribution in [0.2, 0.25) is 0 Å². The van der Waals surface area contributed by atoms with Crippen LogP contribution in [0.1, 0.15) is 57.8 Å². The number of hydrogen-bond donors (Lipinski definition) is 1. The summed E-state index contributed by atoms with van der Waals surface area (Å²) in [6.07, 6.45) is 8.48. The predicted molar refractivity (Wildman–Crippen MR) is 76.7 cm³/mol. The van der Waals surface area contributed by atoms with E-state index < -0.39 is 5.97 Å². The number of nitrogens with zero attached hydrogens (tertiary/aromatic N) is 2. The molecule has 1 unspecified atom stereocenters. The average molecular weight is 282 g/mol. The summed E-state index contributed by atoms with van der Waals surface area (Å²) in [6.45, 7) is 2.52. The van der Waals surface area contributed by atoms with Gasteiger partial charge in [-0.25, -0.2) is 4.79 Å². The second-order valence-electron chi connectivity index (χ2n) is 5.96. The van der Waals surface area contributed by atoms with Gasteiger partial charge in [0.05, 0.1) is 0 Å². The minimum Gasteiger partial charge on any atom is -0.481 e. The molecule has 2 aliphatic heterocycles. The van der Waals surface area contributed by atoms with Gasteiger partial charge in [0, 0.05) is 32.1 Å². The number of urea groups is 1. The van der Waals surface area contributed by atoms with Crippen LogP contribution in [0.15, 0.2) is 0 Å². The molecule has 5 nitrogen and oxygen atoms in total. The first-order valence-corrected chi connectivity index (χ1v) is 7.96. The van der Waals surface area contributed by atoms with Crippen molar-refractivity contribution >= 4 is 12.0 Å². The molecule has 0 aromatic rings. The smallest absolute Gasteiger partial charge is 0.320 e. The SMILES string of the molecule is O=C(O)CCC1CCCCN1C(=O)N1CCCCCC1. The number of likely N-dealkylation sites (tertiary alicyclic amines) is 2. The van der Waals surface area contributed by atoms with Gasteiger partial charge >= 0.3 is 12.0 Å². The number of rotatable bonds is 3. The molecule has 0 radical (unpaired) electrons. The summed E-state index contributed by atoms with van der Waals surface area (Å²) in [5.74, 6) is -0.766. The van der Waals surface area contributed by atoms with Crippen LogP contribution in [-0.2, 0) is 4.79 Å². The Balaban J connectivity index is 1.94. The van der Waals surface area contributed by atoms with Crippen molar-refractivity contribution in [2.45, 2.75) is 63.8 Å². The van der Waals surface area contributed by atoms with Crippen molar-refractivity contribution in [3.05, 3.63) is 0 Å². The average Bonchev–Trinajstić information content (AvgIpc) is 2.73. The van der Waals surface area contributed by atoms with E-state index in [0.717, 1.165) is 51.7 Å². The van der Waals surface area contributed by atoms with Gasteiger partial charge in [0.15, 0.2) is 0 Å². The molecule has 2 heterocycles.